The van der Waals surface area contributed by atoms with Gasteiger partial charge in [-0.1, -0.05) is 41.9 Å². The number of nitrogens with zero attached hydrogens (tertiary/aromatic N) is 3. The van der Waals surface area contributed by atoms with Crippen LogP contribution in [0.1, 0.15) is 40.0 Å². The molecule has 1 aliphatic heterocycles. The van der Waals surface area contributed by atoms with Crippen molar-refractivity contribution in [3.05, 3.63) is 75.9 Å². The third-order valence-corrected chi connectivity index (χ3v) is 6.71. The maximum Gasteiger partial charge on any atom is 0.314 e. The molecule has 2 heterocycles. The number of hydrogen-bond acceptors (Lipinski definition) is 3. The van der Waals surface area contributed by atoms with E-state index >= 15 is 0 Å². The number of para-hydroxylation sites is 1. The van der Waals surface area contributed by atoms with Crippen molar-refractivity contribution in [2.24, 2.45) is 5.73 Å². The van der Waals surface area contributed by atoms with E-state index in [1.54, 1.807) is 4.90 Å². The Hall–Kier alpha value is -3.38. The molecule has 1 aliphatic carbocycles. The molecule has 1 saturated heterocycles. The van der Waals surface area contributed by atoms with Gasteiger partial charge >= 0.3 is 6.03 Å². The molecule has 3 aromatic rings. The summed E-state index contributed by atoms with van der Waals surface area (Å²) in [5, 5.41) is 1.58. The second-order valence-corrected chi connectivity index (χ2v) is 8.96. The lowest BCUT2D eigenvalue weighted by atomic mass is 9.99. The van der Waals surface area contributed by atoms with Gasteiger partial charge in [-0.15, -0.1) is 0 Å². The molecule has 5 rings (SSSR count). The molecule has 0 radical (unpaired) electrons. The first kappa shape index (κ1) is 21.5. The number of primary amides is 1. The van der Waals surface area contributed by atoms with Crippen molar-refractivity contribution in [2.75, 3.05) is 26.2 Å². The van der Waals surface area contributed by atoms with Crippen molar-refractivity contribution >= 4 is 46.1 Å². The van der Waals surface area contributed by atoms with Crippen LogP contribution in [-0.4, -0.2) is 52.9 Å². The van der Waals surface area contributed by atoms with E-state index in [0.717, 1.165) is 51.7 Å². The Morgan fingerprint density at radius 1 is 0.939 bits per heavy atom. The number of rotatable bonds is 2. The van der Waals surface area contributed by atoms with Crippen LogP contribution >= 0.6 is 11.6 Å². The normalized spacial score (nSPS) is 17.3. The van der Waals surface area contributed by atoms with Gasteiger partial charge in [0.1, 0.15) is 0 Å². The molecule has 1 fully saturated rings. The molecule has 3 amide bonds. The third-order valence-electron chi connectivity index (χ3n) is 6.46. The molecule has 33 heavy (non-hydrogen) atoms. The maximum atomic E-state index is 13.8. The minimum absolute atomic E-state index is 0.00362. The summed E-state index contributed by atoms with van der Waals surface area (Å²) in [7, 11) is 0. The highest BCUT2D eigenvalue weighted by molar-refractivity contribution is 6.30. The maximum absolute atomic E-state index is 13.8. The second kappa shape index (κ2) is 8.87. The van der Waals surface area contributed by atoms with Crippen LogP contribution in [0.4, 0.5) is 4.79 Å². The van der Waals surface area contributed by atoms with E-state index in [1.165, 1.54) is 0 Å². The van der Waals surface area contributed by atoms with E-state index in [-0.39, 0.29) is 5.91 Å². The molecule has 2 aromatic carbocycles. The molecule has 1 aromatic heterocycles. The molecule has 0 bridgehead atoms. The van der Waals surface area contributed by atoms with Gasteiger partial charge in [0.25, 0.3) is 5.91 Å². The first-order valence-corrected chi connectivity index (χ1v) is 11.6. The smallest absolute Gasteiger partial charge is 0.314 e. The molecular weight excluding hydrogens is 436 g/mol. The zero-order valence-corrected chi connectivity index (χ0v) is 19.0. The van der Waals surface area contributed by atoms with Crippen molar-refractivity contribution in [2.45, 2.75) is 19.3 Å². The Morgan fingerprint density at radius 3 is 2.45 bits per heavy atom. The molecule has 0 atom stereocenters. The van der Waals surface area contributed by atoms with E-state index in [9.17, 15) is 9.59 Å². The molecule has 2 aliphatic rings. The molecular formula is C26H25ClN4O2. The highest BCUT2D eigenvalue weighted by atomic mass is 35.5. The number of pyridine rings is 1. The van der Waals surface area contributed by atoms with Crippen LogP contribution < -0.4 is 5.73 Å². The standard InChI is InChI=1S/C26H25ClN4O2/c27-19-9-6-17(7-10-19)16-18-8-11-21-23(20-4-1-2-5-22(20)29-24(18)21)25(32)30-12-3-13-31(15-14-30)26(28)33/h1-2,4-7,9-10,16H,3,8,11-15H2,(H2,28,33)/b18-16-. The van der Waals surface area contributed by atoms with Gasteiger partial charge in [-0.3, -0.25) is 4.79 Å². The topological polar surface area (TPSA) is 79.5 Å². The highest BCUT2D eigenvalue weighted by Gasteiger charge is 2.30. The van der Waals surface area contributed by atoms with Gasteiger partial charge in [-0.2, -0.15) is 0 Å². The highest BCUT2D eigenvalue weighted by Crippen LogP contribution is 2.38. The molecule has 6 nitrogen and oxygen atoms in total. The quantitative estimate of drug-likeness (QED) is 0.606. The summed E-state index contributed by atoms with van der Waals surface area (Å²) in [5.74, 6) is 0.00362. The van der Waals surface area contributed by atoms with Gasteiger partial charge in [-0.25, -0.2) is 9.78 Å². The van der Waals surface area contributed by atoms with E-state index in [4.69, 9.17) is 22.3 Å². The second-order valence-electron chi connectivity index (χ2n) is 8.52. The molecule has 0 unspecified atom stereocenters. The van der Waals surface area contributed by atoms with Crippen molar-refractivity contribution < 1.29 is 9.59 Å². The van der Waals surface area contributed by atoms with Crippen molar-refractivity contribution in [3.8, 4) is 0 Å². The number of nitrogens with two attached hydrogens (primary N) is 1. The zero-order valence-electron chi connectivity index (χ0n) is 18.3. The average Bonchev–Trinajstić information content (AvgIpc) is 3.04. The summed E-state index contributed by atoms with van der Waals surface area (Å²) in [4.78, 5) is 33.9. The Labute approximate surface area is 197 Å². The van der Waals surface area contributed by atoms with Crippen LogP contribution in [0.25, 0.3) is 22.6 Å². The van der Waals surface area contributed by atoms with Crippen LogP contribution in [0.3, 0.4) is 0 Å². The summed E-state index contributed by atoms with van der Waals surface area (Å²) in [6.45, 7) is 2.10. The van der Waals surface area contributed by atoms with Gasteiger partial charge < -0.3 is 15.5 Å². The largest absolute Gasteiger partial charge is 0.351 e. The lowest BCUT2D eigenvalue weighted by Gasteiger charge is -2.23. The number of urea groups is 1. The van der Waals surface area contributed by atoms with E-state index in [2.05, 4.69) is 6.08 Å². The van der Waals surface area contributed by atoms with E-state index in [0.29, 0.717) is 37.6 Å². The lowest BCUT2D eigenvalue weighted by molar-refractivity contribution is 0.0763. The summed E-state index contributed by atoms with van der Waals surface area (Å²) >= 11 is 6.04. The van der Waals surface area contributed by atoms with Crippen molar-refractivity contribution in [1.29, 1.82) is 0 Å². The van der Waals surface area contributed by atoms with Gasteiger partial charge in [0.15, 0.2) is 0 Å². The summed E-state index contributed by atoms with van der Waals surface area (Å²) in [6, 6.07) is 15.1. The molecule has 168 valence electrons. The number of amides is 3. The van der Waals surface area contributed by atoms with Crippen LogP contribution in [0.15, 0.2) is 48.5 Å². The Kier molecular flexibility index (Phi) is 5.77. The first-order chi connectivity index (χ1) is 16.0. The van der Waals surface area contributed by atoms with Gasteiger partial charge in [0.2, 0.25) is 0 Å². The number of allylic oxidation sites excluding steroid dienone is 1. The fourth-order valence-corrected chi connectivity index (χ4v) is 4.91. The molecule has 0 spiro atoms. The predicted octanol–water partition coefficient (Wildman–Crippen LogP) is 4.60. The van der Waals surface area contributed by atoms with Crippen molar-refractivity contribution in [1.82, 2.24) is 14.8 Å². The summed E-state index contributed by atoms with van der Waals surface area (Å²) < 4.78 is 0. The molecule has 2 N–H and O–H groups in total. The fraction of sp³-hybridized carbons (Fsp3) is 0.269. The number of fused-ring (bicyclic) bond motifs is 2. The Morgan fingerprint density at radius 2 is 1.67 bits per heavy atom. The summed E-state index contributed by atoms with van der Waals surface area (Å²) in [5.41, 5.74) is 11.1. The molecule has 7 heteroatoms. The lowest BCUT2D eigenvalue weighted by Crippen LogP contribution is -2.40. The van der Waals surface area contributed by atoms with E-state index in [1.807, 2.05) is 53.4 Å². The number of benzene rings is 2. The number of carbonyl (C=O) groups excluding carboxylic acids is 2. The van der Waals surface area contributed by atoms with Gasteiger partial charge in [0.05, 0.1) is 16.8 Å². The average molecular weight is 461 g/mol. The number of aromatic nitrogens is 1. The van der Waals surface area contributed by atoms with Gasteiger partial charge in [-0.05, 0) is 60.2 Å². The third kappa shape index (κ3) is 4.18. The summed E-state index contributed by atoms with van der Waals surface area (Å²) in [6.07, 6.45) is 4.45. The van der Waals surface area contributed by atoms with E-state index < -0.39 is 6.03 Å². The minimum atomic E-state index is -0.434. The first-order valence-electron chi connectivity index (χ1n) is 11.2. The fourth-order valence-electron chi connectivity index (χ4n) is 4.78. The van der Waals surface area contributed by atoms with Crippen LogP contribution in [0.5, 0.6) is 0 Å². The predicted molar refractivity (Wildman–Crippen MR) is 131 cm³/mol. The Balaban J connectivity index is 1.56. The van der Waals surface area contributed by atoms with Gasteiger partial charge in [0, 0.05) is 36.6 Å². The monoisotopic (exact) mass is 460 g/mol. The SMILES string of the molecule is NC(=O)N1CCCN(C(=O)c2c3c(nc4ccccc24)/C(=C\c2ccc(Cl)cc2)CC3)CC1. The van der Waals surface area contributed by atoms with Crippen LogP contribution in [0.2, 0.25) is 5.02 Å². The van der Waals surface area contributed by atoms with Crippen molar-refractivity contribution in [3.63, 3.8) is 0 Å². The Bertz CT molecular complexity index is 1270. The number of hydrogen-bond donors (Lipinski definition) is 1. The zero-order chi connectivity index (χ0) is 22.9. The number of carbonyl (C=O) groups is 2. The molecule has 0 saturated carbocycles. The minimum Gasteiger partial charge on any atom is -0.351 e. The number of halogens is 1. The van der Waals surface area contributed by atoms with Crippen LogP contribution in [0, 0.1) is 0 Å². The van der Waals surface area contributed by atoms with Crippen LogP contribution in [-0.2, 0) is 6.42 Å².